The fourth-order valence-electron chi connectivity index (χ4n) is 2.08. The Kier molecular flexibility index (Phi) is 3.92. The molecule has 0 unspecified atom stereocenters. The molecule has 2 heterocycles. The molecule has 23 heavy (non-hydrogen) atoms. The third-order valence-corrected chi connectivity index (χ3v) is 3.22. The molecule has 1 amide bonds. The van der Waals surface area contributed by atoms with Crippen molar-refractivity contribution < 1.29 is 19.4 Å². The normalized spacial score (nSPS) is 10.4. The zero-order valence-corrected chi connectivity index (χ0v) is 12.0. The molecular formula is C16H13N3O4. The van der Waals surface area contributed by atoms with Crippen LogP contribution in [0.4, 0.5) is 10.5 Å². The molecule has 3 aromatic rings. The number of aromatic carboxylic acids is 1. The highest BCUT2D eigenvalue weighted by Gasteiger charge is 2.11. The van der Waals surface area contributed by atoms with Crippen LogP contribution in [0, 0.1) is 0 Å². The van der Waals surface area contributed by atoms with E-state index in [-0.39, 0.29) is 12.2 Å². The molecule has 0 saturated carbocycles. The van der Waals surface area contributed by atoms with Gasteiger partial charge in [-0.05, 0) is 17.7 Å². The smallest absolute Gasteiger partial charge is 0.412 e. The topological polar surface area (TPSA) is 92.9 Å². The highest BCUT2D eigenvalue weighted by Crippen LogP contribution is 2.18. The summed E-state index contributed by atoms with van der Waals surface area (Å²) in [5.74, 6) is -1.05. The molecule has 1 aromatic carbocycles. The van der Waals surface area contributed by atoms with Crippen molar-refractivity contribution in [3.8, 4) is 0 Å². The number of pyridine rings is 1. The number of benzene rings is 1. The van der Waals surface area contributed by atoms with Crippen molar-refractivity contribution >= 4 is 23.3 Å². The molecule has 0 radical (unpaired) electrons. The van der Waals surface area contributed by atoms with Crippen LogP contribution in [0.15, 0.2) is 54.9 Å². The summed E-state index contributed by atoms with van der Waals surface area (Å²) in [6.45, 7) is 0.145. The Hall–Kier alpha value is -3.35. The maximum Gasteiger partial charge on any atom is 0.412 e. The average molecular weight is 311 g/mol. The van der Waals surface area contributed by atoms with Crippen LogP contribution in [0.25, 0.3) is 5.52 Å². The van der Waals surface area contributed by atoms with Crippen molar-refractivity contribution in [3.05, 3.63) is 66.0 Å². The van der Waals surface area contributed by atoms with E-state index < -0.39 is 12.1 Å². The van der Waals surface area contributed by atoms with Gasteiger partial charge in [-0.15, -0.1) is 0 Å². The van der Waals surface area contributed by atoms with Crippen LogP contribution in [0.5, 0.6) is 0 Å². The molecule has 0 aliphatic rings. The van der Waals surface area contributed by atoms with Gasteiger partial charge in [-0.3, -0.25) is 5.32 Å². The summed E-state index contributed by atoms with van der Waals surface area (Å²) >= 11 is 0. The number of amides is 1. The summed E-state index contributed by atoms with van der Waals surface area (Å²) in [7, 11) is 0. The van der Waals surface area contributed by atoms with E-state index in [1.165, 1.54) is 29.0 Å². The number of hydrogen-bond acceptors (Lipinski definition) is 4. The van der Waals surface area contributed by atoms with Crippen molar-refractivity contribution in [2.75, 3.05) is 5.32 Å². The third-order valence-electron chi connectivity index (χ3n) is 3.22. The van der Waals surface area contributed by atoms with Crippen molar-refractivity contribution in [1.29, 1.82) is 0 Å². The maximum absolute atomic E-state index is 11.9. The largest absolute Gasteiger partial charge is 0.478 e. The molecule has 3 rings (SSSR count). The number of ether oxygens (including phenoxy) is 1. The van der Waals surface area contributed by atoms with Crippen LogP contribution in [0.1, 0.15) is 15.9 Å². The van der Waals surface area contributed by atoms with E-state index in [9.17, 15) is 9.59 Å². The quantitative estimate of drug-likeness (QED) is 0.773. The fraction of sp³-hybridized carbons (Fsp3) is 0.0625. The van der Waals surface area contributed by atoms with Crippen LogP contribution in [0.2, 0.25) is 0 Å². The lowest BCUT2D eigenvalue weighted by Crippen LogP contribution is -2.13. The first kappa shape index (κ1) is 14.6. The lowest BCUT2D eigenvalue weighted by atomic mass is 10.2. The summed E-state index contributed by atoms with van der Waals surface area (Å²) in [5, 5.41) is 15.6. The van der Waals surface area contributed by atoms with Crippen molar-refractivity contribution in [2.45, 2.75) is 6.61 Å². The van der Waals surface area contributed by atoms with Crippen LogP contribution in [-0.2, 0) is 11.3 Å². The summed E-state index contributed by atoms with van der Waals surface area (Å²) in [6, 6.07) is 12.2. The van der Waals surface area contributed by atoms with E-state index in [1.54, 1.807) is 0 Å². The minimum atomic E-state index is -1.05. The summed E-state index contributed by atoms with van der Waals surface area (Å²) in [5.41, 5.74) is 1.84. The van der Waals surface area contributed by atoms with E-state index in [0.717, 1.165) is 5.56 Å². The van der Waals surface area contributed by atoms with Gasteiger partial charge in [0.2, 0.25) is 0 Å². The first-order valence-corrected chi connectivity index (χ1v) is 6.82. The number of carbonyl (C=O) groups excluding carboxylic acids is 1. The molecule has 7 heteroatoms. The molecule has 2 N–H and O–H groups in total. The second-order valence-corrected chi connectivity index (χ2v) is 4.80. The number of hydrogen-bond donors (Lipinski definition) is 2. The lowest BCUT2D eigenvalue weighted by Gasteiger charge is -2.06. The molecule has 0 saturated heterocycles. The number of carboxylic acid groups (broad SMARTS) is 1. The molecule has 0 bridgehead atoms. The lowest BCUT2D eigenvalue weighted by molar-refractivity contribution is 0.0697. The standard InChI is InChI=1S/C16H13N3O4/c20-15(21)12-6-7-19-14(8-12)13(9-17-19)18-16(22)23-10-11-4-2-1-3-5-11/h1-9H,10H2,(H,18,22)(H,20,21). The van der Waals surface area contributed by atoms with E-state index in [1.807, 2.05) is 30.3 Å². The van der Waals surface area contributed by atoms with Crippen LogP contribution < -0.4 is 5.32 Å². The second-order valence-electron chi connectivity index (χ2n) is 4.80. The molecule has 7 nitrogen and oxygen atoms in total. The van der Waals surface area contributed by atoms with E-state index in [2.05, 4.69) is 10.4 Å². The first-order valence-electron chi connectivity index (χ1n) is 6.82. The SMILES string of the molecule is O=C(Nc1cnn2ccc(C(=O)O)cc12)OCc1ccccc1. The van der Waals surface area contributed by atoms with Gasteiger partial charge in [0.1, 0.15) is 6.61 Å². The second kappa shape index (κ2) is 6.18. The molecule has 116 valence electrons. The number of nitrogens with one attached hydrogen (secondary N) is 1. The minimum absolute atomic E-state index is 0.110. The molecule has 2 aromatic heterocycles. The van der Waals surface area contributed by atoms with Crippen molar-refractivity contribution in [1.82, 2.24) is 9.61 Å². The minimum Gasteiger partial charge on any atom is -0.478 e. The van der Waals surface area contributed by atoms with Gasteiger partial charge in [0, 0.05) is 6.20 Å². The fourth-order valence-corrected chi connectivity index (χ4v) is 2.08. The third kappa shape index (κ3) is 3.29. The number of anilines is 1. The summed E-state index contributed by atoms with van der Waals surface area (Å²) < 4.78 is 6.60. The maximum atomic E-state index is 11.9. The van der Waals surface area contributed by atoms with Crippen molar-refractivity contribution in [2.24, 2.45) is 0 Å². The number of carboxylic acids is 1. The first-order chi connectivity index (χ1) is 11.1. The van der Waals surface area contributed by atoms with Crippen LogP contribution in [-0.4, -0.2) is 26.8 Å². The molecular weight excluding hydrogens is 298 g/mol. The summed E-state index contributed by atoms with van der Waals surface area (Å²) in [4.78, 5) is 22.9. The highest BCUT2D eigenvalue weighted by atomic mass is 16.5. The van der Waals surface area contributed by atoms with Crippen molar-refractivity contribution in [3.63, 3.8) is 0 Å². The van der Waals surface area contributed by atoms with Gasteiger partial charge >= 0.3 is 12.1 Å². The van der Waals surface area contributed by atoms with Gasteiger partial charge < -0.3 is 9.84 Å². The Balaban J connectivity index is 1.72. The summed E-state index contributed by atoms with van der Waals surface area (Å²) in [6.07, 6.45) is 2.31. The molecule has 0 spiro atoms. The monoisotopic (exact) mass is 311 g/mol. The molecule has 0 atom stereocenters. The van der Waals surface area contributed by atoms with E-state index in [0.29, 0.717) is 11.2 Å². The Bertz CT molecular complexity index is 858. The predicted octanol–water partition coefficient (Wildman–Crippen LogP) is 2.78. The molecule has 0 fully saturated rings. The Morgan fingerprint density at radius 3 is 2.74 bits per heavy atom. The highest BCUT2D eigenvalue weighted by molar-refractivity contribution is 5.94. The zero-order chi connectivity index (χ0) is 16.2. The van der Waals surface area contributed by atoms with Gasteiger partial charge in [-0.2, -0.15) is 5.10 Å². The van der Waals surface area contributed by atoms with E-state index >= 15 is 0 Å². The van der Waals surface area contributed by atoms with Gasteiger partial charge in [0.15, 0.2) is 0 Å². The average Bonchev–Trinajstić information content (AvgIpc) is 2.96. The van der Waals surface area contributed by atoms with Gasteiger partial charge in [-0.1, -0.05) is 30.3 Å². The van der Waals surface area contributed by atoms with Gasteiger partial charge in [0.05, 0.1) is 23.0 Å². The number of fused-ring (bicyclic) bond motifs is 1. The number of nitrogens with zero attached hydrogens (tertiary/aromatic N) is 2. The van der Waals surface area contributed by atoms with E-state index in [4.69, 9.17) is 9.84 Å². The number of rotatable bonds is 4. The number of aromatic nitrogens is 2. The van der Waals surface area contributed by atoms with Crippen LogP contribution in [0.3, 0.4) is 0 Å². The molecule has 0 aliphatic heterocycles. The molecule has 0 aliphatic carbocycles. The van der Waals surface area contributed by atoms with Gasteiger partial charge in [0.25, 0.3) is 0 Å². The zero-order valence-electron chi connectivity index (χ0n) is 12.0. The predicted molar refractivity (Wildman–Crippen MR) is 82.4 cm³/mol. The number of carbonyl (C=O) groups is 2. The van der Waals surface area contributed by atoms with Crippen LogP contribution >= 0.6 is 0 Å². The Morgan fingerprint density at radius 1 is 1.22 bits per heavy atom. The Labute approximate surface area is 131 Å². The Morgan fingerprint density at radius 2 is 2.00 bits per heavy atom. The van der Waals surface area contributed by atoms with Gasteiger partial charge in [-0.25, -0.2) is 14.1 Å².